The Balaban J connectivity index is 4.04. The van der Waals surface area contributed by atoms with Crippen LogP contribution in [0.4, 0.5) is 0 Å². The summed E-state index contributed by atoms with van der Waals surface area (Å²) in [5.41, 5.74) is 0. The molecule has 0 aromatic carbocycles. The van der Waals surface area contributed by atoms with E-state index in [2.05, 4.69) is 4.43 Å². The van der Waals surface area contributed by atoms with E-state index in [-0.39, 0.29) is 6.42 Å². The van der Waals surface area contributed by atoms with Gasteiger partial charge in [-0.3, -0.25) is 4.55 Å². The van der Waals surface area contributed by atoms with E-state index in [1.165, 1.54) is 13.0 Å². The summed E-state index contributed by atoms with van der Waals surface area (Å²) >= 11 is 0. The number of carbonyl (C=O) groups excluding carboxylic acids is 1. The first-order valence-electron chi connectivity index (χ1n) is 3.58. The van der Waals surface area contributed by atoms with Crippen LogP contribution in [0, 0.1) is 0 Å². The van der Waals surface area contributed by atoms with E-state index in [1.807, 2.05) is 0 Å². The van der Waals surface area contributed by atoms with E-state index in [1.54, 1.807) is 0 Å². The summed E-state index contributed by atoms with van der Waals surface area (Å²) in [7, 11) is -3.69. The third-order valence-electron chi connectivity index (χ3n) is 1.43. The fourth-order valence-electron chi connectivity index (χ4n) is 0.546. The number of allylic oxidation sites excluding steroid dienone is 1. The molecule has 1 atom stereocenters. The zero-order valence-electron chi connectivity index (χ0n) is 7.43. The van der Waals surface area contributed by atoms with Crippen molar-refractivity contribution in [2.45, 2.75) is 18.6 Å². The van der Waals surface area contributed by atoms with Crippen molar-refractivity contribution >= 4 is 26.6 Å². The van der Waals surface area contributed by atoms with Gasteiger partial charge in [0, 0.05) is 6.08 Å². The minimum Gasteiger partial charge on any atom is -0.526 e. The summed E-state index contributed by atoms with van der Waals surface area (Å²) in [6.45, 7) is 1.35. The van der Waals surface area contributed by atoms with E-state index in [0.29, 0.717) is 10.5 Å². The predicted molar refractivity (Wildman–Crippen MR) is 50.8 cm³/mol. The fraction of sp³-hybridized carbons (Fsp3) is 0.500. The molecule has 7 heteroatoms. The Morgan fingerprint density at radius 1 is 1.69 bits per heavy atom. The summed E-state index contributed by atoms with van der Waals surface area (Å²) in [5, 5.41) is -0.898. The quantitative estimate of drug-likeness (QED) is 0.377. The zero-order valence-corrected chi connectivity index (χ0v) is 10.2. The van der Waals surface area contributed by atoms with E-state index < -0.39 is 21.3 Å². The van der Waals surface area contributed by atoms with Gasteiger partial charge in [0.2, 0.25) is 10.5 Å². The number of carbonyl (C=O) groups is 1. The molecule has 0 aromatic rings. The molecule has 0 aromatic heterocycles. The molecule has 13 heavy (non-hydrogen) atoms. The van der Waals surface area contributed by atoms with Crippen LogP contribution < -0.4 is 0 Å². The summed E-state index contributed by atoms with van der Waals surface area (Å²) in [5.74, 6) is -0.491. The Bertz CT molecular complexity index is 294. The van der Waals surface area contributed by atoms with Crippen LogP contribution in [0.2, 0.25) is 0 Å². The minimum absolute atomic E-state index is 0.0927. The van der Waals surface area contributed by atoms with Crippen molar-refractivity contribution in [1.82, 2.24) is 0 Å². The molecule has 0 aliphatic heterocycles. The molecule has 0 spiro atoms. The van der Waals surface area contributed by atoms with Crippen LogP contribution in [0.1, 0.15) is 13.3 Å². The number of hydrogen-bond acceptors (Lipinski definition) is 4. The first-order valence-corrected chi connectivity index (χ1v) is 5.90. The van der Waals surface area contributed by atoms with Gasteiger partial charge in [0.15, 0.2) is 0 Å². The molecule has 0 saturated heterocycles. The number of rotatable bonds is 4. The molecule has 0 rings (SSSR count). The lowest BCUT2D eigenvalue weighted by molar-refractivity contribution is -0.128. The van der Waals surface area contributed by atoms with Crippen molar-refractivity contribution in [3.8, 4) is 0 Å². The largest absolute Gasteiger partial charge is 0.526 e. The van der Waals surface area contributed by atoms with Gasteiger partial charge in [0.25, 0.3) is 10.1 Å². The lowest BCUT2D eigenvalue weighted by Gasteiger charge is -2.02. The van der Waals surface area contributed by atoms with Gasteiger partial charge in [0.1, 0.15) is 0 Å². The van der Waals surface area contributed by atoms with Crippen LogP contribution in [-0.2, 0) is 19.3 Å². The average Bonchev–Trinajstić information content (AvgIpc) is 2.02. The Labute approximate surface area is 80.1 Å². The average molecular weight is 224 g/mol. The summed E-state index contributed by atoms with van der Waals surface area (Å²) in [4.78, 5) is 10.6. The van der Waals surface area contributed by atoms with Crippen LogP contribution in [0.5, 0.6) is 0 Å². The van der Waals surface area contributed by atoms with Gasteiger partial charge >= 0.3 is 5.97 Å². The molecule has 76 valence electrons. The first kappa shape index (κ1) is 12.3. The minimum atomic E-state index is -4.00. The summed E-state index contributed by atoms with van der Waals surface area (Å²) < 4.78 is 33.9. The van der Waals surface area contributed by atoms with E-state index >= 15 is 0 Å². The van der Waals surface area contributed by atoms with Crippen molar-refractivity contribution in [3.63, 3.8) is 0 Å². The second-order valence-corrected chi connectivity index (χ2v) is 4.73. The standard InChI is InChI=1S/C6H12O5SSi/c1-5(12(8,9)10)3-2-4-6(7)11-13/h2,4-5H,3H2,1,13H3,(H,8,9,10). The van der Waals surface area contributed by atoms with Gasteiger partial charge in [0.05, 0.1) is 5.25 Å². The Kier molecular flexibility index (Phi) is 4.89. The molecule has 0 fully saturated rings. The van der Waals surface area contributed by atoms with Gasteiger partial charge < -0.3 is 4.43 Å². The van der Waals surface area contributed by atoms with Crippen LogP contribution in [-0.4, -0.2) is 34.7 Å². The van der Waals surface area contributed by atoms with Crippen molar-refractivity contribution in [2.24, 2.45) is 0 Å². The van der Waals surface area contributed by atoms with Crippen LogP contribution in [0.15, 0.2) is 12.2 Å². The summed E-state index contributed by atoms with van der Waals surface area (Å²) in [6.07, 6.45) is 2.60. The van der Waals surface area contributed by atoms with E-state index in [0.717, 1.165) is 6.08 Å². The van der Waals surface area contributed by atoms with Gasteiger partial charge in [-0.1, -0.05) is 6.08 Å². The molecule has 5 nitrogen and oxygen atoms in total. The lowest BCUT2D eigenvalue weighted by atomic mass is 10.3. The molecular formula is C6H12O5SSi. The molecule has 0 bridgehead atoms. The van der Waals surface area contributed by atoms with Crippen LogP contribution >= 0.6 is 0 Å². The van der Waals surface area contributed by atoms with Gasteiger partial charge in [-0.2, -0.15) is 8.42 Å². The molecule has 1 unspecified atom stereocenters. The molecule has 0 amide bonds. The fourth-order valence-corrected chi connectivity index (χ4v) is 1.04. The van der Waals surface area contributed by atoms with Gasteiger partial charge in [-0.05, 0) is 13.3 Å². The monoisotopic (exact) mass is 224 g/mol. The number of hydrogen-bond donors (Lipinski definition) is 1. The second kappa shape index (κ2) is 5.15. The Morgan fingerprint density at radius 2 is 2.23 bits per heavy atom. The van der Waals surface area contributed by atoms with E-state index in [4.69, 9.17) is 4.55 Å². The third kappa shape index (κ3) is 5.56. The maximum absolute atomic E-state index is 10.6. The smallest absolute Gasteiger partial charge is 0.316 e. The SMILES string of the molecule is CC(CC=CC(=O)O[SiH3])S(=O)(=O)O. The van der Waals surface area contributed by atoms with Crippen molar-refractivity contribution in [2.75, 3.05) is 0 Å². The molecular weight excluding hydrogens is 212 g/mol. The normalized spacial score (nSPS) is 14.6. The van der Waals surface area contributed by atoms with Gasteiger partial charge in [-0.15, -0.1) is 0 Å². The molecule has 0 aliphatic carbocycles. The highest BCUT2D eigenvalue weighted by Gasteiger charge is 2.14. The summed E-state index contributed by atoms with van der Waals surface area (Å²) in [6, 6.07) is 0. The highest BCUT2D eigenvalue weighted by atomic mass is 32.2. The van der Waals surface area contributed by atoms with Crippen molar-refractivity contribution in [3.05, 3.63) is 12.2 Å². The third-order valence-corrected chi connectivity index (χ3v) is 3.04. The molecule has 1 N–H and O–H groups in total. The molecule has 0 radical (unpaired) electrons. The molecule has 0 heterocycles. The van der Waals surface area contributed by atoms with Gasteiger partial charge in [-0.25, -0.2) is 4.79 Å². The Hall–Kier alpha value is -0.663. The lowest BCUT2D eigenvalue weighted by Crippen LogP contribution is -2.15. The van der Waals surface area contributed by atoms with E-state index in [9.17, 15) is 13.2 Å². The predicted octanol–water partition coefficient (Wildman–Crippen LogP) is -0.967. The second-order valence-electron chi connectivity index (χ2n) is 2.49. The maximum atomic E-state index is 10.6. The van der Waals surface area contributed by atoms with Crippen LogP contribution in [0.25, 0.3) is 0 Å². The topological polar surface area (TPSA) is 80.7 Å². The molecule has 0 aliphatic rings. The maximum Gasteiger partial charge on any atom is 0.316 e. The zero-order chi connectivity index (χ0) is 10.5. The molecule has 0 saturated carbocycles. The van der Waals surface area contributed by atoms with Crippen LogP contribution in [0.3, 0.4) is 0 Å². The highest BCUT2D eigenvalue weighted by molar-refractivity contribution is 7.86. The van der Waals surface area contributed by atoms with Crippen molar-refractivity contribution < 1.29 is 22.2 Å². The highest BCUT2D eigenvalue weighted by Crippen LogP contribution is 2.03. The Morgan fingerprint density at radius 3 is 2.62 bits per heavy atom. The van der Waals surface area contributed by atoms with Crippen molar-refractivity contribution in [1.29, 1.82) is 0 Å². The first-order chi connectivity index (χ1) is 5.88.